The average molecular weight is 197 g/mol. The number of nitrogens with zero attached hydrogens (tertiary/aromatic N) is 1. The quantitative estimate of drug-likeness (QED) is 0.606. The van der Waals surface area contributed by atoms with Crippen LogP contribution in [-0.2, 0) is 7.05 Å². The molecule has 0 aromatic carbocycles. The Labute approximate surface area is 78.6 Å². The molecule has 0 atom stereocenters. The van der Waals surface area contributed by atoms with Crippen LogP contribution in [0.15, 0.2) is 12.1 Å². The molecule has 0 N–H and O–H groups in total. The minimum absolute atomic E-state index is 0.603. The molecule has 0 aliphatic carbocycles. The first kappa shape index (κ1) is 9.80. The third-order valence-corrected chi connectivity index (χ3v) is 5.91. The molecule has 0 amide bonds. The van der Waals surface area contributed by atoms with Crippen molar-refractivity contribution >= 4 is 28.2 Å². The summed E-state index contributed by atoms with van der Waals surface area (Å²) >= 11 is 0. The Morgan fingerprint density at radius 2 is 1.25 bits per heavy atom. The van der Waals surface area contributed by atoms with Crippen LogP contribution in [0.25, 0.3) is 0 Å². The van der Waals surface area contributed by atoms with Crippen LogP contribution in [0.5, 0.6) is 0 Å². The summed E-state index contributed by atoms with van der Waals surface area (Å²) in [6, 6.07) is 4.67. The second kappa shape index (κ2) is 3.62. The first-order valence-electron chi connectivity index (χ1n) is 4.69. The molecule has 0 spiro atoms. The minimum Gasteiger partial charge on any atom is -0.360 e. The van der Waals surface area contributed by atoms with Crippen molar-refractivity contribution in [3.63, 3.8) is 0 Å². The predicted octanol–water partition coefficient (Wildman–Crippen LogP) is 0.412. The Morgan fingerprint density at radius 1 is 0.917 bits per heavy atom. The summed E-state index contributed by atoms with van der Waals surface area (Å²) in [5.41, 5.74) is 0. The smallest absolute Gasteiger partial charge is 0.0856 e. The maximum Gasteiger partial charge on any atom is 0.0856 e. The molecule has 0 aliphatic heterocycles. The van der Waals surface area contributed by atoms with Crippen molar-refractivity contribution in [2.75, 3.05) is 0 Å². The summed E-state index contributed by atoms with van der Waals surface area (Å²) in [6.07, 6.45) is 0. The van der Waals surface area contributed by atoms with E-state index in [0.29, 0.717) is 0 Å². The lowest BCUT2D eigenvalue weighted by atomic mass is 10.7. The van der Waals surface area contributed by atoms with Gasteiger partial charge < -0.3 is 4.57 Å². The van der Waals surface area contributed by atoms with Gasteiger partial charge in [-0.15, -0.1) is 0 Å². The monoisotopic (exact) mass is 197 g/mol. The van der Waals surface area contributed by atoms with E-state index in [4.69, 9.17) is 0 Å². The van der Waals surface area contributed by atoms with E-state index in [-0.39, 0.29) is 0 Å². The van der Waals surface area contributed by atoms with Gasteiger partial charge in [-0.2, -0.15) is 0 Å². The van der Waals surface area contributed by atoms with Crippen molar-refractivity contribution in [3.8, 4) is 0 Å². The first-order chi connectivity index (χ1) is 5.54. The molecule has 1 heterocycles. The fraction of sp³-hybridized carbons (Fsp3) is 0.556. The van der Waals surface area contributed by atoms with Gasteiger partial charge in [-0.3, -0.25) is 0 Å². The Kier molecular flexibility index (Phi) is 2.96. The molecule has 0 fully saturated rings. The van der Waals surface area contributed by atoms with E-state index >= 15 is 0 Å². The van der Waals surface area contributed by atoms with Crippen molar-refractivity contribution in [2.45, 2.75) is 26.2 Å². The molecule has 1 nitrogen and oxygen atoms in total. The molecule has 1 aromatic heterocycles. The average Bonchev–Trinajstić information content (AvgIpc) is 2.30. The largest absolute Gasteiger partial charge is 0.360 e. The number of rotatable bonds is 2. The van der Waals surface area contributed by atoms with Gasteiger partial charge in [0.15, 0.2) is 0 Å². The van der Waals surface area contributed by atoms with Crippen LogP contribution in [0.2, 0.25) is 26.2 Å². The van der Waals surface area contributed by atoms with Gasteiger partial charge in [0.05, 0.1) is 17.6 Å². The summed E-state index contributed by atoms with van der Waals surface area (Å²) < 4.78 is 2.44. The zero-order valence-electron chi connectivity index (χ0n) is 8.76. The van der Waals surface area contributed by atoms with Gasteiger partial charge in [-0.25, -0.2) is 0 Å². The minimum atomic E-state index is -0.603. The molecular formula is C9H19NSi2. The summed E-state index contributed by atoms with van der Waals surface area (Å²) in [5.74, 6) is 0. The van der Waals surface area contributed by atoms with Gasteiger partial charge in [0.2, 0.25) is 0 Å². The SMILES string of the molecule is Cn1c([SiH](C)C)ccc1[SiH](C)C. The van der Waals surface area contributed by atoms with Gasteiger partial charge in [0, 0.05) is 7.05 Å². The number of hydrogen-bond acceptors (Lipinski definition) is 0. The van der Waals surface area contributed by atoms with Crippen molar-refractivity contribution in [1.82, 2.24) is 4.57 Å². The number of aromatic nitrogens is 1. The third-order valence-electron chi connectivity index (χ3n) is 2.38. The van der Waals surface area contributed by atoms with Crippen molar-refractivity contribution < 1.29 is 0 Å². The third kappa shape index (κ3) is 1.72. The normalized spacial score (nSPS) is 11.6. The summed E-state index contributed by atoms with van der Waals surface area (Å²) in [5, 5.41) is 3.21. The molecule has 0 radical (unpaired) electrons. The fourth-order valence-corrected chi connectivity index (χ4v) is 4.66. The van der Waals surface area contributed by atoms with E-state index in [2.05, 4.69) is 49.9 Å². The highest BCUT2D eigenvalue weighted by molar-refractivity contribution is 6.73. The lowest BCUT2D eigenvalue weighted by molar-refractivity contribution is 0.984. The molecule has 1 aromatic rings. The molecule has 1 rings (SSSR count). The highest BCUT2D eigenvalue weighted by Gasteiger charge is 2.10. The molecule has 0 bridgehead atoms. The molecule has 68 valence electrons. The van der Waals surface area contributed by atoms with Crippen LogP contribution in [0.3, 0.4) is 0 Å². The van der Waals surface area contributed by atoms with Gasteiger partial charge >= 0.3 is 0 Å². The topological polar surface area (TPSA) is 4.93 Å². The standard InChI is InChI=1S/C9H19NSi2/c1-10-8(11(2)3)6-7-9(10)12(4)5/h6-7,11-12H,1-5H3. The molecule has 0 aliphatic rings. The van der Waals surface area contributed by atoms with Gasteiger partial charge in [-0.05, 0) is 22.8 Å². The van der Waals surface area contributed by atoms with E-state index in [9.17, 15) is 0 Å². The van der Waals surface area contributed by atoms with Crippen LogP contribution in [0, 0.1) is 0 Å². The second-order valence-corrected chi connectivity index (χ2v) is 9.85. The molecule has 12 heavy (non-hydrogen) atoms. The summed E-state index contributed by atoms with van der Waals surface area (Å²) in [4.78, 5) is 0. The van der Waals surface area contributed by atoms with Crippen LogP contribution in [0.4, 0.5) is 0 Å². The zero-order valence-corrected chi connectivity index (χ0v) is 11.1. The lowest BCUT2D eigenvalue weighted by Gasteiger charge is -2.11. The Bertz CT molecular complexity index is 238. The van der Waals surface area contributed by atoms with E-state index in [0.717, 1.165) is 0 Å². The summed E-state index contributed by atoms with van der Waals surface area (Å²) in [7, 11) is 1.02. The fourth-order valence-electron chi connectivity index (χ4n) is 1.70. The van der Waals surface area contributed by atoms with Crippen molar-refractivity contribution in [1.29, 1.82) is 0 Å². The Balaban J connectivity index is 3.04. The van der Waals surface area contributed by atoms with Crippen molar-refractivity contribution in [2.24, 2.45) is 7.05 Å². The molecule has 0 saturated heterocycles. The van der Waals surface area contributed by atoms with E-state index in [1.807, 2.05) is 0 Å². The van der Waals surface area contributed by atoms with Crippen LogP contribution in [-0.4, -0.2) is 22.2 Å². The Morgan fingerprint density at radius 3 is 1.42 bits per heavy atom. The lowest BCUT2D eigenvalue weighted by Crippen LogP contribution is -2.38. The van der Waals surface area contributed by atoms with E-state index in [1.54, 1.807) is 10.6 Å². The van der Waals surface area contributed by atoms with Gasteiger partial charge in [-0.1, -0.05) is 26.2 Å². The molecule has 3 heteroatoms. The highest BCUT2D eigenvalue weighted by atomic mass is 28.3. The zero-order chi connectivity index (χ0) is 9.30. The van der Waals surface area contributed by atoms with Gasteiger partial charge in [0.1, 0.15) is 0 Å². The number of hydrogen-bond donors (Lipinski definition) is 0. The van der Waals surface area contributed by atoms with Crippen molar-refractivity contribution in [3.05, 3.63) is 12.1 Å². The van der Waals surface area contributed by atoms with E-state index < -0.39 is 17.6 Å². The van der Waals surface area contributed by atoms with Crippen LogP contribution >= 0.6 is 0 Å². The van der Waals surface area contributed by atoms with Gasteiger partial charge in [0.25, 0.3) is 0 Å². The first-order valence-corrected chi connectivity index (χ1v) is 10.5. The maximum absolute atomic E-state index is 2.44. The molecule has 0 saturated carbocycles. The Hall–Kier alpha value is -0.286. The summed E-state index contributed by atoms with van der Waals surface area (Å²) in [6.45, 7) is 9.56. The predicted molar refractivity (Wildman–Crippen MR) is 62.4 cm³/mol. The maximum atomic E-state index is 2.44. The van der Waals surface area contributed by atoms with Crippen LogP contribution in [0.1, 0.15) is 0 Å². The molecular weight excluding hydrogens is 178 g/mol. The second-order valence-electron chi connectivity index (χ2n) is 4.05. The highest BCUT2D eigenvalue weighted by Crippen LogP contribution is 1.90. The van der Waals surface area contributed by atoms with E-state index in [1.165, 1.54) is 0 Å². The van der Waals surface area contributed by atoms with Crippen LogP contribution < -0.4 is 10.6 Å². The molecule has 0 unspecified atom stereocenters.